The van der Waals surface area contributed by atoms with Crippen molar-refractivity contribution in [1.29, 1.82) is 0 Å². The third kappa shape index (κ3) is 4.58. The summed E-state index contributed by atoms with van der Waals surface area (Å²) in [6, 6.07) is 25.2. The Balaban J connectivity index is 1.24. The van der Waals surface area contributed by atoms with Crippen LogP contribution in [0.1, 0.15) is 48.2 Å². The number of amides is 3. The van der Waals surface area contributed by atoms with Crippen molar-refractivity contribution in [3.8, 4) is 5.88 Å². The summed E-state index contributed by atoms with van der Waals surface area (Å²) in [6.45, 7) is 1.04. The maximum absolute atomic E-state index is 13.3. The van der Waals surface area contributed by atoms with Gasteiger partial charge in [-0.2, -0.15) is 0 Å². The molecule has 2 aromatic heterocycles. The van der Waals surface area contributed by atoms with Crippen molar-refractivity contribution < 1.29 is 19.5 Å². The molecule has 0 unspecified atom stereocenters. The first-order valence-corrected chi connectivity index (χ1v) is 13.9. The van der Waals surface area contributed by atoms with Crippen molar-refractivity contribution in [3.63, 3.8) is 0 Å². The summed E-state index contributed by atoms with van der Waals surface area (Å²) in [6.07, 6.45) is 3.74. The normalized spacial score (nSPS) is 16.7. The fourth-order valence-electron chi connectivity index (χ4n) is 6.00. The van der Waals surface area contributed by atoms with E-state index >= 15 is 0 Å². The van der Waals surface area contributed by atoms with Crippen molar-refractivity contribution in [2.24, 2.45) is 10.2 Å². The van der Waals surface area contributed by atoms with E-state index in [0.29, 0.717) is 28.6 Å². The van der Waals surface area contributed by atoms with Crippen molar-refractivity contribution in [2.45, 2.75) is 19.1 Å². The molecule has 10 nitrogen and oxygen atoms in total. The second-order valence-corrected chi connectivity index (χ2v) is 10.5. The molecule has 10 heteroatoms. The van der Waals surface area contributed by atoms with Crippen LogP contribution in [-0.4, -0.2) is 55.3 Å². The van der Waals surface area contributed by atoms with Crippen LogP contribution >= 0.6 is 0 Å². The monoisotopic (exact) mass is 570 g/mol. The Hall–Kier alpha value is -5.48. The molecule has 7 rings (SSSR count). The number of hydrogen-bond donors (Lipinski definition) is 1. The van der Waals surface area contributed by atoms with Gasteiger partial charge in [0.2, 0.25) is 5.88 Å². The lowest BCUT2D eigenvalue weighted by atomic mass is 9.92. The second-order valence-electron chi connectivity index (χ2n) is 10.5. The first-order valence-electron chi connectivity index (χ1n) is 13.9. The molecule has 0 spiro atoms. The molecule has 5 aromatic rings. The Kier molecular flexibility index (Phi) is 6.59. The van der Waals surface area contributed by atoms with Crippen molar-refractivity contribution >= 4 is 34.3 Å². The number of para-hydroxylation sites is 1. The number of nitrogens with zero attached hydrogens (tertiary/aromatic N) is 6. The predicted molar refractivity (Wildman–Crippen MR) is 158 cm³/mol. The fourth-order valence-corrected chi connectivity index (χ4v) is 6.00. The van der Waals surface area contributed by atoms with Gasteiger partial charge in [-0.3, -0.25) is 33.7 Å². The van der Waals surface area contributed by atoms with Crippen LogP contribution in [0.3, 0.4) is 0 Å². The van der Waals surface area contributed by atoms with E-state index in [1.807, 2.05) is 42.5 Å². The third-order valence-corrected chi connectivity index (χ3v) is 8.15. The molecule has 1 N–H and O–H groups in total. The summed E-state index contributed by atoms with van der Waals surface area (Å²) >= 11 is 0. The summed E-state index contributed by atoms with van der Waals surface area (Å²) in [4.78, 5) is 46.6. The van der Waals surface area contributed by atoms with E-state index in [1.165, 1.54) is 11.1 Å². The van der Waals surface area contributed by atoms with E-state index < -0.39 is 5.91 Å². The van der Waals surface area contributed by atoms with Gasteiger partial charge in [0.05, 0.1) is 34.9 Å². The van der Waals surface area contributed by atoms with Gasteiger partial charge in [-0.05, 0) is 47.9 Å². The van der Waals surface area contributed by atoms with E-state index in [0.717, 1.165) is 17.5 Å². The van der Waals surface area contributed by atoms with E-state index in [-0.39, 0.29) is 48.2 Å². The first-order chi connectivity index (χ1) is 21.0. The molecule has 0 saturated carbocycles. The minimum atomic E-state index is -0.571. The molecule has 3 amide bonds. The average molecular weight is 571 g/mol. The molecular weight excluding hydrogens is 544 g/mol. The highest BCUT2D eigenvalue weighted by atomic mass is 16.3. The zero-order valence-electron chi connectivity index (χ0n) is 23.0. The minimum absolute atomic E-state index is 0.137. The van der Waals surface area contributed by atoms with Crippen LogP contribution in [0.5, 0.6) is 5.88 Å². The maximum atomic E-state index is 13.3. The van der Waals surface area contributed by atoms with Gasteiger partial charge in [-0.25, -0.2) is 0 Å². The summed E-state index contributed by atoms with van der Waals surface area (Å²) in [5, 5.41) is 20.1. The average Bonchev–Trinajstić information content (AvgIpc) is 3.45. The third-order valence-electron chi connectivity index (χ3n) is 8.15. The maximum Gasteiger partial charge on any atom is 0.296 e. The number of rotatable bonds is 6. The zero-order chi connectivity index (χ0) is 29.5. The number of fused-ring (bicyclic) bond motifs is 3. The quantitative estimate of drug-likeness (QED) is 0.212. The molecule has 0 fully saturated rings. The molecule has 0 radical (unpaired) electrons. The van der Waals surface area contributed by atoms with Crippen LogP contribution < -0.4 is 0 Å². The van der Waals surface area contributed by atoms with Crippen LogP contribution in [0, 0.1) is 0 Å². The zero-order valence-corrected chi connectivity index (χ0v) is 23.0. The van der Waals surface area contributed by atoms with Crippen LogP contribution in [-0.2, 0) is 13.1 Å². The summed E-state index contributed by atoms with van der Waals surface area (Å²) in [5.41, 5.74) is 4.19. The van der Waals surface area contributed by atoms with E-state index in [4.69, 9.17) is 0 Å². The molecule has 4 heterocycles. The largest absolute Gasteiger partial charge is 0.493 e. The summed E-state index contributed by atoms with van der Waals surface area (Å²) in [7, 11) is 0. The lowest BCUT2D eigenvalue weighted by molar-refractivity contribution is 0.0543. The molecule has 0 bridgehead atoms. The van der Waals surface area contributed by atoms with Gasteiger partial charge in [-0.1, -0.05) is 54.6 Å². The standard InChI is InChI=1S/C33H26N6O4/c40-30(22-9-7-16-34-18-22)36-35-29-26-13-5-6-14-27(26)39(33(29)43)20-37-17-15-21-8-1-2-10-23(21)28(37)19-38-31(41)24-11-3-4-12-25(24)32(38)42/h1-14,16,18,28,43H,15,17,19-20H2/t28-/m0/s1. The molecular formula is C33H26N6O4. The highest BCUT2D eigenvalue weighted by molar-refractivity contribution is 6.21. The van der Waals surface area contributed by atoms with Gasteiger partial charge in [-0.15, -0.1) is 10.2 Å². The van der Waals surface area contributed by atoms with Crippen molar-refractivity contribution in [1.82, 2.24) is 19.4 Å². The number of imide groups is 1. The smallest absolute Gasteiger partial charge is 0.296 e. The lowest BCUT2D eigenvalue weighted by Crippen LogP contribution is -2.44. The molecule has 3 aromatic carbocycles. The Bertz CT molecular complexity index is 1900. The Labute approximate surface area is 246 Å². The number of carbonyl (C=O) groups is 3. The topological polar surface area (TPSA) is 120 Å². The van der Waals surface area contributed by atoms with E-state index in [2.05, 4.69) is 26.2 Å². The summed E-state index contributed by atoms with van der Waals surface area (Å²) < 4.78 is 1.72. The van der Waals surface area contributed by atoms with E-state index in [9.17, 15) is 19.5 Å². The van der Waals surface area contributed by atoms with Gasteiger partial charge in [0.1, 0.15) is 0 Å². The molecule has 2 aliphatic rings. The molecule has 2 aliphatic heterocycles. The molecule has 43 heavy (non-hydrogen) atoms. The van der Waals surface area contributed by atoms with Gasteiger partial charge in [0.15, 0.2) is 5.69 Å². The number of hydrogen-bond acceptors (Lipinski definition) is 7. The van der Waals surface area contributed by atoms with Crippen LogP contribution in [0.15, 0.2) is 108 Å². The number of benzene rings is 3. The number of pyridine rings is 1. The van der Waals surface area contributed by atoms with Crippen LogP contribution in [0.2, 0.25) is 0 Å². The molecule has 1 atom stereocenters. The molecule has 212 valence electrons. The highest BCUT2D eigenvalue weighted by Crippen LogP contribution is 2.41. The van der Waals surface area contributed by atoms with E-state index in [1.54, 1.807) is 47.2 Å². The van der Waals surface area contributed by atoms with Gasteiger partial charge < -0.3 is 5.11 Å². The molecule has 0 saturated heterocycles. The number of aromatic nitrogens is 2. The van der Waals surface area contributed by atoms with Crippen LogP contribution in [0.25, 0.3) is 10.9 Å². The summed E-state index contributed by atoms with van der Waals surface area (Å²) in [5.74, 6) is -1.32. The Morgan fingerprint density at radius 2 is 1.63 bits per heavy atom. The first kappa shape index (κ1) is 26.4. The molecule has 0 aliphatic carbocycles. The second kappa shape index (κ2) is 10.7. The Morgan fingerprint density at radius 1 is 0.907 bits per heavy atom. The minimum Gasteiger partial charge on any atom is -0.493 e. The van der Waals surface area contributed by atoms with Gasteiger partial charge >= 0.3 is 0 Å². The SMILES string of the molecule is O=C(N=Nc1c(O)n(CN2CCc3ccccc3[C@@H]2CN2C(=O)c3ccccc3C2=O)c2ccccc12)c1cccnc1. The van der Waals surface area contributed by atoms with Crippen molar-refractivity contribution in [2.75, 3.05) is 13.1 Å². The van der Waals surface area contributed by atoms with Gasteiger partial charge in [0.25, 0.3) is 17.7 Å². The number of aromatic hydroxyl groups is 1. The predicted octanol–water partition coefficient (Wildman–Crippen LogP) is 5.52. The van der Waals surface area contributed by atoms with Crippen molar-refractivity contribution in [3.05, 3.63) is 125 Å². The van der Waals surface area contributed by atoms with Crippen LogP contribution in [0.4, 0.5) is 5.69 Å². The number of carbonyl (C=O) groups excluding carboxylic acids is 3. The Morgan fingerprint density at radius 3 is 2.40 bits per heavy atom. The highest BCUT2D eigenvalue weighted by Gasteiger charge is 2.39. The fraction of sp³-hybridized carbons (Fsp3) is 0.152. The number of azo groups is 1. The lowest BCUT2D eigenvalue weighted by Gasteiger charge is -2.39. The van der Waals surface area contributed by atoms with Gasteiger partial charge in [0, 0.05) is 30.9 Å².